The third kappa shape index (κ3) is 4.04. The molecule has 0 spiro atoms. The Labute approximate surface area is 117 Å². The fourth-order valence-corrected chi connectivity index (χ4v) is 2.98. The fourth-order valence-electron chi connectivity index (χ4n) is 2.28. The van der Waals surface area contributed by atoms with Crippen LogP contribution in [0.1, 0.15) is 24.5 Å². The van der Waals surface area contributed by atoms with Crippen LogP contribution in [0.25, 0.3) is 0 Å². The first-order valence-corrected chi connectivity index (χ1v) is 7.40. The molecule has 19 heavy (non-hydrogen) atoms. The Bertz CT molecular complexity index is 460. The van der Waals surface area contributed by atoms with E-state index in [1.54, 1.807) is 11.3 Å². The molecule has 1 fully saturated rings. The number of nitriles is 2. The lowest BCUT2D eigenvalue weighted by atomic mass is 10.0. The predicted octanol–water partition coefficient (Wildman–Crippen LogP) is 2.56. The molecule has 100 valence electrons. The molecule has 2 rings (SSSR count). The van der Waals surface area contributed by atoms with Crippen molar-refractivity contribution in [3.8, 4) is 12.1 Å². The number of ether oxygens (including phenoxy) is 1. The molecule has 1 aliphatic rings. The van der Waals surface area contributed by atoms with E-state index in [1.165, 1.54) is 5.56 Å². The highest BCUT2D eigenvalue weighted by Crippen LogP contribution is 2.24. The third-order valence-electron chi connectivity index (χ3n) is 3.33. The quantitative estimate of drug-likeness (QED) is 0.828. The smallest absolute Gasteiger partial charge is 0.0960 e. The average molecular weight is 275 g/mol. The van der Waals surface area contributed by atoms with E-state index in [0.29, 0.717) is 19.4 Å². The Morgan fingerprint density at radius 2 is 2.42 bits per heavy atom. The molecule has 0 radical (unpaired) electrons. The molecule has 2 atom stereocenters. The van der Waals surface area contributed by atoms with Crippen LogP contribution in [-0.4, -0.2) is 31.1 Å². The SMILES string of the molecule is N#CCC[C@@H](C#N)CN1CCO[C@@H](c2ccsc2)C1. The van der Waals surface area contributed by atoms with Crippen LogP contribution in [0.4, 0.5) is 0 Å². The minimum Gasteiger partial charge on any atom is -0.371 e. The average Bonchev–Trinajstić information content (AvgIpc) is 2.98. The monoisotopic (exact) mass is 275 g/mol. The number of thiophene rings is 1. The van der Waals surface area contributed by atoms with Gasteiger partial charge in [-0.05, 0) is 28.8 Å². The minimum atomic E-state index is -0.0547. The van der Waals surface area contributed by atoms with Crippen molar-refractivity contribution in [2.45, 2.75) is 18.9 Å². The summed E-state index contributed by atoms with van der Waals surface area (Å²) in [7, 11) is 0. The number of nitrogens with zero attached hydrogens (tertiary/aromatic N) is 3. The van der Waals surface area contributed by atoms with Crippen LogP contribution < -0.4 is 0 Å². The van der Waals surface area contributed by atoms with Crippen molar-refractivity contribution < 1.29 is 4.74 Å². The van der Waals surface area contributed by atoms with Crippen molar-refractivity contribution in [1.82, 2.24) is 4.90 Å². The van der Waals surface area contributed by atoms with E-state index in [-0.39, 0.29) is 12.0 Å². The molecule has 0 N–H and O–H groups in total. The highest BCUT2D eigenvalue weighted by Gasteiger charge is 2.24. The van der Waals surface area contributed by atoms with Crippen LogP contribution in [0, 0.1) is 28.6 Å². The zero-order chi connectivity index (χ0) is 13.5. The molecule has 0 aliphatic carbocycles. The fraction of sp³-hybridized carbons (Fsp3) is 0.571. The summed E-state index contributed by atoms with van der Waals surface area (Å²) in [6.45, 7) is 3.14. The second-order valence-corrected chi connectivity index (χ2v) is 5.48. The summed E-state index contributed by atoms with van der Waals surface area (Å²) in [5, 5.41) is 21.9. The molecular formula is C14H17N3OS. The molecule has 0 unspecified atom stereocenters. The van der Waals surface area contributed by atoms with E-state index in [9.17, 15) is 0 Å². The lowest BCUT2D eigenvalue weighted by Crippen LogP contribution is -2.40. The van der Waals surface area contributed by atoms with Gasteiger partial charge in [0.1, 0.15) is 0 Å². The second kappa shape index (κ2) is 7.25. The summed E-state index contributed by atoms with van der Waals surface area (Å²) in [5.74, 6) is -0.0547. The standard InChI is InChI=1S/C14H17N3OS/c15-4-1-2-12(8-16)9-17-5-6-18-14(10-17)13-3-7-19-11-13/h3,7,11-12,14H,1-2,5-6,9-10H2/t12-,14+/m0/s1. The van der Waals surface area contributed by atoms with Crippen molar-refractivity contribution >= 4 is 11.3 Å². The summed E-state index contributed by atoms with van der Waals surface area (Å²) in [6.07, 6.45) is 1.24. The molecule has 1 aliphatic heterocycles. The van der Waals surface area contributed by atoms with Gasteiger partial charge in [-0.15, -0.1) is 0 Å². The van der Waals surface area contributed by atoms with Gasteiger partial charge < -0.3 is 4.74 Å². The van der Waals surface area contributed by atoms with Gasteiger partial charge in [-0.25, -0.2) is 0 Å². The van der Waals surface area contributed by atoms with Crippen molar-refractivity contribution in [2.24, 2.45) is 5.92 Å². The maximum Gasteiger partial charge on any atom is 0.0960 e. The Hall–Kier alpha value is -1.40. The molecule has 0 bridgehead atoms. The number of morpholine rings is 1. The van der Waals surface area contributed by atoms with Gasteiger partial charge in [0, 0.05) is 26.1 Å². The Morgan fingerprint density at radius 3 is 3.11 bits per heavy atom. The first-order chi connectivity index (χ1) is 9.33. The number of hydrogen-bond donors (Lipinski definition) is 0. The van der Waals surface area contributed by atoms with E-state index in [4.69, 9.17) is 15.3 Å². The van der Waals surface area contributed by atoms with Gasteiger partial charge in [-0.1, -0.05) is 0 Å². The maximum absolute atomic E-state index is 9.12. The summed E-state index contributed by atoms with van der Waals surface area (Å²) in [5.41, 5.74) is 1.22. The van der Waals surface area contributed by atoms with Crippen LogP contribution in [0.15, 0.2) is 16.8 Å². The first kappa shape index (κ1) is 14.0. The topological polar surface area (TPSA) is 60.0 Å². The molecule has 5 heteroatoms. The van der Waals surface area contributed by atoms with Crippen LogP contribution >= 0.6 is 11.3 Å². The van der Waals surface area contributed by atoms with Crippen LogP contribution in [-0.2, 0) is 4.74 Å². The van der Waals surface area contributed by atoms with E-state index in [1.807, 2.05) is 0 Å². The highest BCUT2D eigenvalue weighted by molar-refractivity contribution is 7.07. The highest BCUT2D eigenvalue weighted by atomic mass is 32.1. The van der Waals surface area contributed by atoms with Gasteiger partial charge in [0.2, 0.25) is 0 Å². The van der Waals surface area contributed by atoms with Crippen LogP contribution in [0.3, 0.4) is 0 Å². The lowest BCUT2D eigenvalue weighted by molar-refractivity contribution is -0.0326. The molecule has 1 saturated heterocycles. The van der Waals surface area contributed by atoms with Crippen molar-refractivity contribution in [3.63, 3.8) is 0 Å². The Kier molecular flexibility index (Phi) is 5.35. The van der Waals surface area contributed by atoms with Crippen molar-refractivity contribution in [1.29, 1.82) is 10.5 Å². The molecule has 4 nitrogen and oxygen atoms in total. The molecular weight excluding hydrogens is 258 g/mol. The van der Waals surface area contributed by atoms with E-state index in [0.717, 1.165) is 19.6 Å². The Balaban J connectivity index is 1.87. The predicted molar refractivity (Wildman–Crippen MR) is 73.4 cm³/mol. The summed E-state index contributed by atoms with van der Waals surface area (Å²) < 4.78 is 5.78. The summed E-state index contributed by atoms with van der Waals surface area (Å²) >= 11 is 1.68. The van der Waals surface area contributed by atoms with Crippen molar-refractivity contribution in [3.05, 3.63) is 22.4 Å². The minimum absolute atomic E-state index is 0.0547. The summed E-state index contributed by atoms with van der Waals surface area (Å²) in [6, 6.07) is 6.50. The normalized spacial score (nSPS) is 21.5. The van der Waals surface area contributed by atoms with E-state index in [2.05, 4.69) is 33.9 Å². The van der Waals surface area contributed by atoms with Gasteiger partial charge >= 0.3 is 0 Å². The van der Waals surface area contributed by atoms with Gasteiger partial charge in [0.25, 0.3) is 0 Å². The molecule has 1 aromatic rings. The third-order valence-corrected chi connectivity index (χ3v) is 4.03. The Morgan fingerprint density at radius 1 is 1.53 bits per heavy atom. The van der Waals surface area contributed by atoms with Crippen LogP contribution in [0.2, 0.25) is 0 Å². The first-order valence-electron chi connectivity index (χ1n) is 6.46. The van der Waals surface area contributed by atoms with Crippen LogP contribution in [0.5, 0.6) is 0 Å². The van der Waals surface area contributed by atoms with Gasteiger partial charge in [-0.3, -0.25) is 4.90 Å². The second-order valence-electron chi connectivity index (χ2n) is 4.70. The molecule has 0 amide bonds. The number of rotatable bonds is 5. The summed E-state index contributed by atoms with van der Waals surface area (Å²) in [4.78, 5) is 2.27. The van der Waals surface area contributed by atoms with E-state index >= 15 is 0 Å². The van der Waals surface area contributed by atoms with E-state index < -0.39 is 0 Å². The zero-order valence-corrected chi connectivity index (χ0v) is 11.6. The van der Waals surface area contributed by atoms with Gasteiger partial charge in [0.05, 0.1) is 30.8 Å². The zero-order valence-electron chi connectivity index (χ0n) is 10.8. The van der Waals surface area contributed by atoms with Gasteiger partial charge in [0.15, 0.2) is 0 Å². The molecule has 1 aromatic heterocycles. The molecule has 2 heterocycles. The van der Waals surface area contributed by atoms with Gasteiger partial charge in [-0.2, -0.15) is 21.9 Å². The largest absolute Gasteiger partial charge is 0.371 e. The molecule has 0 aromatic carbocycles. The maximum atomic E-state index is 9.12. The lowest BCUT2D eigenvalue weighted by Gasteiger charge is -2.33. The van der Waals surface area contributed by atoms with Crippen molar-refractivity contribution in [2.75, 3.05) is 26.2 Å². The molecule has 0 saturated carbocycles. The number of hydrogen-bond acceptors (Lipinski definition) is 5.